The van der Waals surface area contributed by atoms with Crippen LogP contribution in [0, 0.1) is 0 Å². The van der Waals surface area contributed by atoms with Crippen LogP contribution < -0.4 is 0 Å². The van der Waals surface area contributed by atoms with Crippen LogP contribution in [0.15, 0.2) is 29.2 Å². The molecule has 8 heteroatoms. The molecule has 1 heterocycles. The van der Waals surface area contributed by atoms with Crippen LogP contribution in [0.25, 0.3) is 0 Å². The first kappa shape index (κ1) is 16.0. The lowest BCUT2D eigenvalue weighted by Gasteiger charge is -2.07. The van der Waals surface area contributed by atoms with Gasteiger partial charge >= 0.3 is 6.18 Å². The van der Waals surface area contributed by atoms with Crippen molar-refractivity contribution >= 4 is 9.84 Å². The van der Waals surface area contributed by atoms with Crippen molar-refractivity contribution in [3.8, 4) is 0 Å². The predicted octanol–water partition coefficient (Wildman–Crippen LogP) is 2.90. The monoisotopic (exact) mass is 344 g/mol. The van der Waals surface area contributed by atoms with E-state index in [1.165, 1.54) is 13.1 Å². The van der Waals surface area contributed by atoms with Crippen molar-refractivity contribution in [1.82, 2.24) is 9.78 Å². The standard InChI is InChI=1S/C15H15F3N2O2S/c1-20-12(8-14(19-20)15(16,17)18)9-23(21,22)13-6-5-10-3-2-4-11(10)7-13/h5-8H,2-4,9H2,1H3. The van der Waals surface area contributed by atoms with Gasteiger partial charge in [-0.2, -0.15) is 18.3 Å². The van der Waals surface area contributed by atoms with E-state index in [1.54, 1.807) is 12.1 Å². The molecule has 0 unspecified atom stereocenters. The highest BCUT2D eigenvalue weighted by atomic mass is 32.2. The van der Waals surface area contributed by atoms with Crippen LogP contribution in [0.4, 0.5) is 13.2 Å². The number of hydrogen-bond donors (Lipinski definition) is 0. The number of benzene rings is 1. The SMILES string of the molecule is Cn1nc(C(F)(F)F)cc1CS(=O)(=O)c1ccc2c(c1)CCC2. The zero-order valence-corrected chi connectivity index (χ0v) is 13.2. The van der Waals surface area contributed by atoms with Crippen LogP contribution in [0.1, 0.15) is 28.9 Å². The number of aromatic nitrogens is 2. The third-order valence-corrected chi connectivity index (χ3v) is 5.68. The smallest absolute Gasteiger partial charge is 0.271 e. The fourth-order valence-electron chi connectivity index (χ4n) is 2.80. The first-order chi connectivity index (χ1) is 10.7. The Kier molecular flexibility index (Phi) is 3.74. The molecule has 4 nitrogen and oxygen atoms in total. The fourth-order valence-corrected chi connectivity index (χ4v) is 4.22. The highest BCUT2D eigenvalue weighted by Crippen LogP contribution is 2.30. The van der Waals surface area contributed by atoms with Gasteiger partial charge in [0.2, 0.25) is 0 Å². The predicted molar refractivity (Wildman–Crippen MR) is 77.6 cm³/mol. The molecule has 0 spiro atoms. The molecule has 124 valence electrons. The van der Waals surface area contributed by atoms with Gasteiger partial charge in [0.15, 0.2) is 15.5 Å². The molecule has 0 fully saturated rings. The van der Waals surface area contributed by atoms with Crippen molar-refractivity contribution in [2.24, 2.45) is 7.05 Å². The minimum Gasteiger partial charge on any atom is -0.271 e. The molecule has 1 aromatic heterocycles. The third kappa shape index (κ3) is 3.12. The molecular formula is C15H15F3N2O2S. The van der Waals surface area contributed by atoms with Gasteiger partial charge < -0.3 is 0 Å². The van der Waals surface area contributed by atoms with E-state index in [1.807, 2.05) is 0 Å². The Balaban J connectivity index is 1.91. The number of alkyl halides is 3. The Labute approximate surface area is 131 Å². The second-order valence-electron chi connectivity index (χ2n) is 5.69. The molecule has 0 bridgehead atoms. The topological polar surface area (TPSA) is 52.0 Å². The Morgan fingerprint density at radius 2 is 1.87 bits per heavy atom. The van der Waals surface area contributed by atoms with Gasteiger partial charge in [-0.15, -0.1) is 0 Å². The molecule has 0 N–H and O–H groups in total. The lowest BCUT2D eigenvalue weighted by molar-refractivity contribution is -0.141. The van der Waals surface area contributed by atoms with Gasteiger partial charge in [-0.1, -0.05) is 6.07 Å². The molecule has 3 rings (SSSR count). The molecule has 2 aromatic rings. The quantitative estimate of drug-likeness (QED) is 0.860. The van der Waals surface area contributed by atoms with Gasteiger partial charge in [0, 0.05) is 7.05 Å². The first-order valence-electron chi connectivity index (χ1n) is 7.11. The minimum absolute atomic E-state index is 0.0119. The maximum atomic E-state index is 12.7. The summed E-state index contributed by atoms with van der Waals surface area (Å²) in [5, 5.41) is 3.34. The third-order valence-electron chi connectivity index (χ3n) is 4.03. The zero-order valence-electron chi connectivity index (χ0n) is 12.4. The lowest BCUT2D eigenvalue weighted by atomic mass is 10.1. The van der Waals surface area contributed by atoms with Crippen molar-refractivity contribution in [1.29, 1.82) is 0 Å². The lowest BCUT2D eigenvalue weighted by Crippen LogP contribution is -2.09. The Hall–Kier alpha value is -1.83. The van der Waals surface area contributed by atoms with Crippen molar-refractivity contribution in [3.05, 3.63) is 46.8 Å². The van der Waals surface area contributed by atoms with Crippen molar-refractivity contribution in [2.75, 3.05) is 0 Å². The largest absolute Gasteiger partial charge is 0.435 e. The summed E-state index contributed by atoms with van der Waals surface area (Å²) < 4.78 is 63.9. The molecule has 1 aliphatic carbocycles. The maximum absolute atomic E-state index is 12.7. The average molecular weight is 344 g/mol. The summed E-state index contributed by atoms with van der Waals surface area (Å²) in [6, 6.07) is 5.74. The molecule has 0 saturated carbocycles. The van der Waals surface area contributed by atoms with E-state index in [4.69, 9.17) is 0 Å². The average Bonchev–Trinajstić information content (AvgIpc) is 3.04. The van der Waals surface area contributed by atoms with E-state index >= 15 is 0 Å². The molecule has 0 atom stereocenters. The number of nitrogens with zero attached hydrogens (tertiary/aromatic N) is 2. The molecule has 23 heavy (non-hydrogen) atoms. The summed E-state index contributed by atoms with van der Waals surface area (Å²) in [5.74, 6) is -0.509. The molecular weight excluding hydrogens is 329 g/mol. The molecule has 0 radical (unpaired) electrons. The fraction of sp³-hybridized carbons (Fsp3) is 0.400. The van der Waals surface area contributed by atoms with Gasteiger partial charge in [-0.3, -0.25) is 4.68 Å². The van der Waals surface area contributed by atoms with E-state index in [2.05, 4.69) is 5.10 Å². The van der Waals surface area contributed by atoms with Crippen LogP contribution in [0.3, 0.4) is 0 Å². The van der Waals surface area contributed by atoms with Crippen molar-refractivity contribution < 1.29 is 21.6 Å². The molecule has 0 amide bonds. The highest BCUT2D eigenvalue weighted by molar-refractivity contribution is 7.90. The number of halogens is 3. The maximum Gasteiger partial charge on any atom is 0.435 e. The summed E-state index contributed by atoms with van der Waals surface area (Å²) in [4.78, 5) is 0.146. The minimum atomic E-state index is -4.59. The molecule has 0 aliphatic heterocycles. The van der Waals surface area contributed by atoms with E-state index in [0.717, 1.165) is 41.1 Å². The van der Waals surface area contributed by atoms with E-state index in [9.17, 15) is 21.6 Å². The van der Waals surface area contributed by atoms with E-state index in [0.29, 0.717) is 0 Å². The Morgan fingerprint density at radius 1 is 1.17 bits per heavy atom. The molecule has 0 saturated heterocycles. The summed E-state index contributed by atoms with van der Waals surface area (Å²) in [7, 11) is -2.41. The van der Waals surface area contributed by atoms with Gasteiger partial charge in [0.1, 0.15) is 0 Å². The normalized spacial score (nSPS) is 15.0. The van der Waals surface area contributed by atoms with Gasteiger partial charge in [-0.05, 0) is 48.6 Å². The summed E-state index contributed by atoms with van der Waals surface area (Å²) >= 11 is 0. The highest BCUT2D eigenvalue weighted by Gasteiger charge is 2.35. The Bertz CT molecular complexity index is 854. The first-order valence-corrected chi connectivity index (χ1v) is 8.77. The number of rotatable bonds is 3. The number of hydrogen-bond acceptors (Lipinski definition) is 3. The molecule has 1 aromatic carbocycles. The number of fused-ring (bicyclic) bond motifs is 1. The van der Waals surface area contributed by atoms with Gasteiger partial charge in [0.05, 0.1) is 16.3 Å². The van der Waals surface area contributed by atoms with Crippen LogP contribution in [0.2, 0.25) is 0 Å². The van der Waals surface area contributed by atoms with Gasteiger partial charge in [-0.25, -0.2) is 8.42 Å². The zero-order chi connectivity index (χ0) is 16.8. The van der Waals surface area contributed by atoms with Crippen LogP contribution in [0.5, 0.6) is 0 Å². The summed E-state index contributed by atoms with van der Waals surface area (Å²) in [5.41, 5.74) is 1.08. The number of sulfone groups is 1. The van der Waals surface area contributed by atoms with E-state index < -0.39 is 27.5 Å². The summed E-state index contributed by atoms with van der Waals surface area (Å²) in [6.07, 6.45) is -1.82. The number of aryl methyl sites for hydroxylation is 3. The van der Waals surface area contributed by atoms with Crippen LogP contribution in [-0.4, -0.2) is 18.2 Å². The van der Waals surface area contributed by atoms with Crippen molar-refractivity contribution in [3.63, 3.8) is 0 Å². The van der Waals surface area contributed by atoms with E-state index in [-0.39, 0.29) is 10.6 Å². The summed E-state index contributed by atoms with van der Waals surface area (Å²) in [6.45, 7) is 0. The van der Waals surface area contributed by atoms with Crippen molar-refractivity contribution in [2.45, 2.75) is 36.1 Å². The molecule has 1 aliphatic rings. The second-order valence-corrected chi connectivity index (χ2v) is 7.68. The van der Waals surface area contributed by atoms with Crippen LogP contribution in [-0.2, 0) is 41.7 Å². The Morgan fingerprint density at radius 3 is 2.52 bits per heavy atom. The van der Waals surface area contributed by atoms with Gasteiger partial charge in [0.25, 0.3) is 0 Å². The van der Waals surface area contributed by atoms with Crippen LogP contribution >= 0.6 is 0 Å². The second kappa shape index (κ2) is 5.36.